The van der Waals surface area contributed by atoms with Crippen molar-refractivity contribution in [3.8, 4) is 5.75 Å². The highest BCUT2D eigenvalue weighted by molar-refractivity contribution is 5.91. The van der Waals surface area contributed by atoms with Crippen LogP contribution in [0.15, 0.2) is 24.5 Å². The lowest BCUT2D eigenvalue weighted by Crippen LogP contribution is -2.35. The molecule has 1 aliphatic carbocycles. The molecule has 2 fully saturated rings. The fourth-order valence-corrected chi connectivity index (χ4v) is 3.28. The van der Waals surface area contributed by atoms with Crippen molar-refractivity contribution in [1.82, 2.24) is 19.7 Å². The molecule has 4 rings (SSSR count). The van der Waals surface area contributed by atoms with Crippen LogP contribution < -0.4 is 10.1 Å². The van der Waals surface area contributed by atoms with Crippen molar-refractivity contribution in [3.63, 3.8) is 0 Å². The number of carbonyl (C=O) groups excluding carboxylic acids is 1. The third-order valence-electron chi connectivity index (χ3n) is 4.91. The van der Waals surface area contributed by atoms with Crippen LogP contribution in [0.5, 0.6) is 5.75 Å². The minimum absolute atomic E-state index is 0.133. The second-order valence-electron chi connectivity index (χ2n) is 6.98. The Morgan fingerprint density at radius 2 is 2.23 bits per heavy atom. The summed E-state index contributed by atoms with van der Waals surface area (Å²) in [7, 11) is 1.86. The average molecular weight is 359 g/mol. The Balaban J connectivity index is 1.50. The molecule has 0 bridgehead atoms. The first-order valence-corrected chi connectivity index (χ1v) is 8.95. The van der Waals surface area contributed by atoms with E-state index in [0.29, 0.717) is 30.5 Å². The van der Waals surface area contributed by atoms with Gasteiger partial charge in [0.2, 0.25) is 0 Å². The maximum atomic E-state index is 13.7. The minimum atomic E-state index is -0.412. The van der Waals surface area contributed by atoms with Crippen molar-refractivity contribution in [1.29, 1.82) is 0 Å². The summed E-state index contributed by atoms with van der Waals surface area (Å²) < 4.78 is 21.3. The van der Waals surface area contributed by atoms with Gasteiger partial charge >= 0.3 is 6.03 Å². The Kier molecular flexibility index (Phi) is 4.48. The highest BCUT2D eigenvalue weighted by atomic mass is 19.1. The molecule has 2 heterocycles. The van der Waals surface area contributed by atoms with E-state index < -0.39 is 5.82 Å². The molecule has 0 radical (unpaired) electrons. The largest absolute Gasteiger partial charge is 0.491 e. The number of nitrogens with one attached hydrogen (secondary N) is 1. The molecule has 1 atom stereocenters. The van der Waals surface area contributed by atoms with Gasteiger partial charge in [0.05, 0.1) is 18.3 Å². The van der Waals surface area contributed by atoms with Crippen molar-refractivity contribution in [2.24, 2.45) is 13.0 Å². The lowest BCUT2D eigenvalue weighted by Gasteiger charge is -2.24. The zero-order chi connectivity index (χ0) is 18.1. The molecule has 1 aromatic carbocycles. The summed E-state index contributed by atoms with van der Waals surface area (Å²) in [6.45, 7) is 1.22. The maximum absolute atomic E-state index is 13.7. The van der Waals surface area contributed by atoms with Crippen LogP contribution in [0.2, 0.25) is 0 Å². The number of benzene rings is 1. The second kappa shape index (κ2) is 6.93. The number of hydrogen-bond acceptors (Lipinski definition) is 4. The minimum Gasteiger partial charge on any atom is -0.491 e. The number of ether oxygens (including phenoxy) is 1. The van der Waals surface area contributed by atoms with Crippen molar-refractivity contribution in [2.45, 2.75) is 31.7 Å². The molecule has 1 N–H and O–H groups in total. The number of rotatable bonds is 5. The molecule has 1 saturated heterocycles. The number of urea groups is 1. The summed E-state index contributed by atoms with van der Waals surface area (Å²) in [6, 6.07) is 3.80. The second-order valence-corrected chi connectivity index (χ2v) is 6.98. The lowest BCUT2D eigenvalue weighted by molar-refractivity contribution is 0.204. The van der Waals surface area contributed by atoms with Crippen LogP contribution in [0.25, 0.3) is 0 Å². The van der Waals surface area contributed by atoms with Crippen LogP contribution in [-0.2, 0) is 7.05 Å². The number of anilines is 1. The molecule has 1 aromatic heterocycles. The Hall–Kier alpha value is -2.64. The van der Waals surface area contributed by atoms with Gasteiger partial charge in [-0.05, 0) is 43.7 Å². The zero-order valence-corrected chi connectivity index (χ0v) is 14.7. The fraction of sp³-hybridized carbons (Fsp3) is 0.500. The average Bonchev–Trinajstić information content (AvgIpc) is 3.14. The first-order valence-electron chi connectivity index (χ1n) is 8.95. The number of hydrogen-bond donors (Lipinski definition) is 1. The Labute approximate surface area is 151 Å². The van der Waals surface area contributed by atoms with Crippen LogP contribution in [-0.4, -0.2) is 38.8 Å². The van der Waals surface area contributed by atoms with Crippen LogP contribution in [0.1, 0.15) is 37.5 Å². The molecule has 1 saturated carbocycles. The smallest absolute Gasteiger partial charge is 0.322 e. The van der Waals surface area contributed by atoms with Gasteiger partial charge in [0.25, 0.3) is 0 Å². The number of aromatic nitrogens is 3. The van der Waals surface area contributed by atoms with Crippen molar-refractivity contribution >= 4 is 11.7 Å². The van der Waals surface area contributed by atoms with Gasteiger partial charge in [0.1, 0.15) is 17.9 Å². The number of amides is 2. The fourth-order valence-electron chi connectivity index (χ4n) is 3.28. The SMILES string of the molecule is Cn1cnnc1C1CCCN1C(=O)Nc1cc(F)ccc1OCC1CC1. The zero-order valence-electron chi connectivity index (χ0n) is 14.7. The molecule has 2 aromatic rings. The van der Waals surface area contributed by atoms with Gasteiger partial charge in [-0.1, -0.05) is 0 Å². The van der Waals surface area contributed by atoms with Crippen molar-refractivity contribution < 1.29 is 13.9 Å². The van der Waals surface area contributed by atoms with Crippen molar-refractivity contribution in [3.05, 3.63) is 36.2 Å². The predicted molar refractivity (Wildman–Crippen MR) is 93.3 cm³/mol. The Morgan fingerprint density at radius 3 is 2.96 bits per heavy atom. The standard InChI is InChI=1S/C18H22FN5O2/c1-23-11-20-22-17(23)15-3-2-8-24(15)18(25)21-14-9-13(19)6-7-16(14)26-10-12-4-5-12/h6-7,9,11-12,15H,2-5,8,10H2,1H3,(H,21,25). The van der Waals surface area contributed by atoms with Crippen LogP contribution in [0.4, 0.5) is 14.9 Å². The highest BCUT2D eigenvalue weighted by Gasteiger charge is 2.33. The normalized spacial score (nSPS) is 19.6. The molecule has 2 aliphatic rings. The van der Waals surface area contributed by atoms with E-state index in [4.69, 9.17) is 4.74 Å². The highest BCUT2D eigenvalue weighted by Crippen LogP contribution is 2.34. The molecule has 26 heavy (non-hydrogen) atoms. The van der Waals surface area contributed by atoms with Gasteiger partial charge < -0.3 is 19.5 Å². The van der Waals surface area contributed by atoms with E-state index in [1.54, 1.807) is 17.3 Å². The molecule has 1 unspecified atom stereocenters. The van der Waals surface area contributed by atoms with Crippen LogP contribution in [0.3, 0.4) is 0 Å². The topological polar surface area (TPSA) is 72.3 Å². The van der Waals surface area contributed by atoms with E-state index in [1.165, 1.54) is 12.1 Å². The summed E-state index contributed by atoms with van der Waals surface area (Å²) in [5.74, 6) is 1.41. The monoisotopic (exact) mass is 359 g/mol. The Morgan fingerprint density at radius 1 is 1.38 bits per heavy atom. The number of nitrogens with zero attached hydrogens (tertiary/aromatic N) is 4. The molecule has 0 spiro atoms. The van der Waals surface area contributed by atoms with E-state index in [2.05, 4.69) is 15.5 Å². The van der Waals surface area contributed by atoms with Crippen LogP contribution >= 0.6 is 0 Å². The lowest BCUT2D eigenvalue weighted by atomic mass is 10.2. The molecular weight excluding hydrogens is 337 g/mol. The summed E-state index contributed by atoms with van der Waals surface area (Å²) in [5, 5.41) is 10.8. The summed E-state index contributed by atoms with van der Waals surface area (Å²) in [6.07, 6.45) is 5.67. The maximum Gasteiger partial charge on any atom is 0.322 e. The molecule has 2 amide bonds. The van der Waals surface area contributed by atoms with E-state index >= 15 is 0 Å². The van der Waals surface area contributed by atoms with Gasteiger partial charge in [-0.3, -0.25) is 0 Å². The molecule has 138 valence electrons. The summed E-state index contributed by atoms with van der Waals surface area (Å²) in [4.78, 5) is 14.5. The van der Waals surface area contributed by atoms with E-state index in [-0.39, 0.29) is 12.1 Å². The first-order chi connectivity index (χ1) is 12.6. The number of carbonyl (C=O) groups is 1. The van der Waals surface area contributed by atoms with Gasteiger partial charge in [0, 0.05) is 19.7 Å². The van der Waals surface area contributed by atoms with Gasteiger partial charge in [0.15, 0.2) is 5.82 Å². The van der Waals surface area contributed by atoms with Crippen molar-refractivity contribution in [2.75, 3.05) is 18.5 Å². The molecular formula is C18H22FN5O2. The van der Waals surface area contributed by atoms with Crippen LogP contribution in [0, 0.1) is 11.7 Å². The summed E-state index contributed by atoms with van der Waals surface area (Å²) in [5.41, 5.74) is 0.360. The molecule has 1 aliphatic heterocycles. The quantitative estimate of drug-likeness (QED) is 0.890. The van der Waals surface area contributed by atoms with E-state index in [0.717, 1.165) is 31.5 Å². The van der Waals surface area contributed by atoms with Gasteiger partial charge in [-0.2, -0.15) is 0 Å². The Bertz CT molecular complexity index is 805. The molecule has 7 nitrogen and oxygen atoms in total. The van der Waals surface area contributed by atoms with E-state index in [1.807, 2.05) is 11.6 Å². The third-order valence-corrected chi connectivity index (χ3v) is 4.91. The number of aryl methyl sites for hydroxylation is 1. The van der Waals surface area contributed by atoms with Gasteiger partial charge in [-0.25, -0.2) is 9.18 Å². The number of halogens is 1. The molecule has 8 heteroatoms. The first kappa shape index (κ1) is 16.8. The summed E-state index contributed by atoms with van der Waals surface area (Å²) >= 11 is 0. The predicted octanol–water partition coefficient (Wildman–Crippen LogP) is 3.11. The van der Waals surface area contributed by atoms with Gasteiger partial charge in [-0.15, -0.1) is 10.2 Å². The van der Waals surface area contributed by atoms with E-state index in [9.17, 15) is 9.18 Å². The third kappa shape index (κ3) is 3.49. The number of likely N-dealkylation sites (tertiary alicyclic amines) is 1.